The minimum atomic E-state index is -3.02. The molecule has 1 aliphatic rings. The quantitative estimate of drug-likeness (QED) is 0.554. The van der Waals surface area contributed by atoms with Crippen molar-refractivity contribution in [2.24, 2.45) is 0 Å². The van der Waals surface area contributed by atoms with Gasteiger partial charge < -0.3 is 15.2 Å². The van der Waals surface area contributed by atoms with Crippen molar-refractivity contribution in [3.05, 3.63) is 48.4 Å². The van der Waals surface area contributed by atoms with Crippen molar-refractivity contribution in [1.29, 1.82) is 0 Å². The predicted octanol–water partition coefficient (Wildman–Crippen LogP) is 1.59. The van der Waals surface area contributed by atoms with Crippen LogP contribution in [0.1, 0.15) is 11.9 Å². The number of rotatable bonds is 0. The number of aromatic nitrogens is 3. The Bertz CT molecular complexity index is 946. The lowest BCUT2D eigenvalue weighted by atomic mass is 10.1. The fourth-order valence-electron chi connectivity index (χ4n) is 2.92. The molecule has 0 saturated heterocycles. The van der Waals surface area contributed by atoms with Gasteiger partial charge in [-0.3, -0.25) is 5.32 Å². The Morgan fingerprint density at radius 3 is 3.04 bits per heavy atom. The van der Waals surface area contributed by atoms with Crippen LogP contribution in [0.3, 0.4) is 0 Å². The van der Waals surface area contributed by atoms with E-state index in [0.29, 0.717) is 11.4 Å². The number of alkyl halides is 2. The first-order valence-electron chi connectivity index (χ1n) is 8.59. The smallest absolute Gasteiger partial charge is 0.272 e. The number of nitrogens with one attached hydrogen (secondary N) is 2. The molecule has 4 bridgehead atoms. The molecule has 9 heteroatoms. The van der Waals surface area contributed by atoms with Crippen LogP contribution in [0, 0.1) is 0 Å². The molecule has 0 radical (unpaired) electrons. The van der Waals surface area contributed by atoms with Crippen molar-refractivity contribution in [3.63, 3.8) is 0 Å². The van der Waals surface area contributed by atoms with Crippen LogP contribution < -0.4 is 15.4 Å². The number of halogens is 2. The summed E-state index contributed by atoms with van der Waals surface area (Å²) in [6.07, 6.45) is 1.99. The van der Waals surface area contributed by atoms with E-state index in [9.17, 15) is 13.9 Å². The number of ether oxygens (including phenoxy) is 1. The fourth-order valence-corrected chi connectivity index (χ4v) is 2.92. The highest BCUT2D eigenvalue weighted by atomic mass is 19.3. The van der Waals surface area contributed by atoms with Gasteiger partial charge >= 0.3 is 0 Å². The SMILES string of the molecule is OC1NCC(F)(F)CNCCOc2cccc(c2)-c2cnn3ccc1nc23. The van der Waals surface area contributed by atoms with Crippen molar-refractivity contribution >= 4 is 5.65 Å². The van der Waals surface area contributed by atoms with E-state index in [4.69, 9.17) is 4.74 Å². The first-order valence-corrected chi connectivity index (χ1v) is 8.59. The van der Waals surface area contributed by atoms with Crippen LogP contribution in [0.2, 0.25) is 0 Å². The highest BCUT2D eigenvalue weighted by molar-refractivity contribution is 5.77. The molecule has 1 atom stereocenters. The van der Waals surface area contributed by atoms with Gasteiger partial charge in [0.05, 0.1) is 25.0 Å². The Balaban J connectivity index is 1.75. The number of nitrogens with zero attached hydrogens (tertiary/aromatic N) is 3. The standard InChI is InChI=1S/C18H19F2N5O2/c19-18(20)10-21-5-7-27-13-3-1-2-12(8-13)14-9-23-25-6-4-15(24-16(14)25)17(26)22-11-18/h1-4,6,8-9,17,21-22,26H,5,7,10-11H2. The maximum absolute atomic E-state index is 13.9. The molecule has 0 spiro atoms. The molecule has 1 aromatic carbocycles. The van der Waals surface area contributed by atoms with Crippen molar-refractivity contribution in [3.8, 4) is 16.9 Å². The zero-order valence-corrected chi connectivity index (χ0v) is 14.4. The number of hydrogen-bond donors (Lipinski definition) is 3. The van der Waals surface area contributed by atoms with E-state index in [1.165, 1.54) is 0 Å². The molecule has 0 saturated carbocycles. The summed E-state index contributed by atoms with van der Waals surface area (Å²) < 4.78 is 35.1. The summed E-state index contributed by atoms with van der Waals surface area (Å²) >= 11 is 0. The Morgan fingerprint density at radius 1 is 1.26 bits per heavy atom. The van der Waals surface area contributed by atoms with Crippen LogP contribution in [-0.2, 0) is 0 Å². The highest BCUT2D eigenvalue weighted by Gasteiger charge is 2.29. The topological polar surface area (TPSA) is 83.7 Å². The lowest BCUT2D eigenvalue weighted by Crippen LogP contribution is -2.43. The lowest BCUT2D eigenvalue weighted by molar-refractivity contribution is -0.0136. The summed E-state index contributed by atoms with van der Waals surface area (Å²) in [7, 11) is 0. The molecule has 1 aliphatic heterocycles. The summed E-state index contributed by atoms with van der Waals surface area (Å²) in [4.78, 5) is 4.41. The Kier molecular flexibility index (Phi) is 4.73. The second-order valence-electron chi connectivity index (χ2n) is 6.37. The van der Waals surface area contributed by atoms with Crippen LogP contribution in [0.25, 0.3) is 16.8 Å². The average Bonchev–Trinajstić information content (AvgIpc) is 3.08. The van der Waals surface area contributed by atoms with Crippen LogP contribution in [0.4, 0.5) is 8.78 Å². The molecule has 4 rings (SSSR count). The van der Waals surface area contributed by atoms with Crippen molar-refractivity contribution in [1.82, 2.24) is 25.2 Å². The average molecular weight is 375 g/mol. The van der Waals surface area contributed by atoms with E-state index >= 15 is 0 Å². The first-order chi connectivity index (χ1) is 13.0. The van der Waals surface area contributed by atoms with E-state index in [0.717, 1.165) is 11.1 Å². The molecule has 142 valence electrons. The molecule has 1 unspecified atom stereocenters. The van der Waals surface area contributed by atoms with Crippen LogP contribution in [0.5, 0.6) is 5.75 Å². The van der Waals surface area contributed by atoms with Gasteiger partial charge in [0.1, 0.15) is 18.6 Å². The molecule has 27 heavy (non-hydrogen) atoms. The monoisotopic (exact) mass is 375 g/mol. The van der Waals surface area contributed by atoms with Crippen molar-refractivity contribution < 1.29 is 18.6 Å². The third kappa shape index (κ3) is 3.90. The summed E-state index contributed by atoms with van der Waals surface area (Å²) in [5, 5.41) is 19.6. The molecule has 2 aromatic heterocycles. The van der Waals surface area contributed by atoms with Gasteiger partial charge in [-0.05, 0) is 23.8 Å². The largest absolute Gasteiger partial charge is 0.492 e. The summed E-state index contributed by atoms with van der Waals surface area (Å²) in [6.45, 7) is -0.664. The first kappa shape index (κ1) is 17.8. The van der Waals surface area contributed by atoms with Gasteiger partial charge in [0.25, 0.3) is 5.92 Å². The van der Waals surface area contributed by atoms with Crippen molar-refractivity contribution in [2.45, 2.75) is 12.2 Å². The van der Waals surface area contributed by atoms with Gasteiger partial charge in [0, 0.05) is 18.3 Å². The normalized spacial score (nSPS) is 20.5. The minimum Gasteiger partial charge on any atom is -0.492 e. The molecule has 0 aliphatic carbocycles. The predicted molar refractivity (Wildman–Crippen MR) is 94.7 cm³/mol. The minimum absolute atomic E-state index is 0.243. The summed E-state index contributed by atoms with van der Waals surface area (Å²) in [6, 6.07) is 8.95. The second kappa shape index (κ2) is 7.18. The third-order valence-electron chi connectivity index (χ3n) is 4.30. The van der Waals surface area contributed by atoms with Crippen LogP contribution >= 0.6 is 0 Å². The number of benzene rings is 1. The van der Waals surface area contributed by atoms with Crippen LogP contribution in [-0.4, -0.2) is 51.9 Å². The molecule has 0 amide bonds. The maximum Gasteiger partial charge on any atom is 0.272 e. The zero-order chi connectivity index (χ0) is 18.9. The van der Waals surface area contributed by atoms with Crippen LogP contribution in [0.15, 0.2) is 42.7 Å². The van der Waals surface area contributed by atoms with Gasteiger partial charge in [0.15, 0.2) is 5.65 Å². The Morgan fingerprint density at radius 2 is 2.15 bits per heavy atom. The Hall–Kier alpha value is -2.62. The number of aliphatic hydroxyl groups excluding tert-OH is 1. The Labute approximate surface area is 154 Å². The fraction of sp³-hybridized carbons (Fsp3) is 0.333. The number of fused-ring (bicyclic) bond motifs is 4. The molecule has 3 aromatic rings. The highest BCUT2D eigenvalue weighted by Crippen LogP contribution is 2.27. The molecule has 7 nitrogen and oxygen atoms in total. The van der Waals surface area contributed by atoms with Gasteiger partial charge in [-0.1, -0.05) is 12.1 Å². The van der Waals surface area contributed by atoms with E-state index in [2.05, 4.69) is 20.7 Å². The third-order valence-corrected chi connectivity index (χ3v) is 4.30. The van der Waals surface area contributed by atoms with Gasteiger partial charge in [0.2, 0.25) is 0 Å². The van der Waals surface area contributed by atoms with E-state index < -0.39 is 25.2 Å². The zero-order valence-electron chi connectivity index (χ0n) is 14.4. The molecule has 0 fully saturated rings. The molecular formula is C18H19F2N5O2. The van der Waals surface area contributed by atoms with E-state index in [-0.39, 0.29) is 18.8 Å². The van der Waals surface area contributed by atoms with Gasteiger partial charge in [-0.15, -0.1) is 0 Å². The molecule has 3 N–H and O–H groups in total. The lowest BCUT2D eigenvalue weighted by Gasteiger charge is -2.20. The van der Waals surface area contributed by atoms with Gasteiger partial charge in [-0.2, -0.15) is 5.10 Å². The molecular weight excluding hydrogens is 356 g/mol. The summed E-state index contributed by atoms with van der Waals surface area (Å²) in [5.74, 6) is -2.39. The van der Waals surface area contributed by atoms with Crippen molar-refractivity contribution in [2.75, 3.05) is 26.2 Å². The van der Waals surface area contributed by atoms with Gasteiger partial charge in [-0.25, -0.2) is 18.3 Å². The summed E-state index contributed by atoms with van der Waals surface area (Å²) in [5.41, 5.74) is 2.38. The maximum atomic E-state index is 13.9. The molecule has 3 heterocycles. The number of aliphatic hydroxyl groups is 1. The van der Waals surface area contributed by atoms with E-state index in [1.54, 1.807) is 29.0 Å². The number of hydrogen-bond acceptors (Lipinski definition) is 6. The van der Waals surface area contributed by atoms with E-state index in [1.807, 2.05) is 18.2 Å². The second-order valence-corrected chi connectivity index (χ2v) is 6.37.